The van der Waals surface area contributed by atoms with Crippen LogP contribution in [0.25, 0.3) is 10.9 Å². The number of benzene rings is 1. The standard InChI is InChI=1S/C15H20N4/c1-10(2)19(9-11-7-8-11)14-12-5-3-4-6-13(12)17-15(16)18-14/h3-6,10-11H,7-9H2,1-2H3,(H2,16,17,18). The van der Waals surface area contributed by atoms with Crippen LogP contribution in [0.15, 0.2) is 24.3 Å². The smallest absolute Gasteiger partial charge is 0.222 e. The van der Waals surface area contributed by atoms with Gasteiger partial charge in [-0.3, -0.25) is 0 Å². The largest absolute Gasteiger partial charge is 0.368 e. The molecule has 4 nitrogen and oxygen atoms in total. The van der Waals surface area contributed by atoms with E-state index in [1.54, 1.807) is 0 Å². The van der Waals surface area contributed by atoms with Crippen LogP contribution >= 0.6 is 0 Å². The fourth-order valence-electron chi connectivity index (χ4n) is 2.42. The van der Waals surface area contributed by atoms with Gasteiger partial charge in [-0.05, 0) is 44.7 Å². The number of fused-ring (bicyclic) bond motifs is 1. The molecule has 100 valence electrons. The minimum absolute atomic E-state index is 0.357. The molecule has 2 aromatic rings. The van der Waals surface area contributed by atoms with Gasteiger partial charge in [0.1, 0.15) is 5.82 Å². The predicted octanol–water partition coefficient (Wildman–Crippen LogP) is 2.84. The molecule has 1 aliphatic rings. The van der Waals surface area contributed by atoms with Gasteiger partial charge in [0.25, 0.3) is 0 Å². The summed E-state index contributed by atoms with van der Waals surface area (Å²) in [4.78, 5) is 11.2. The van der Waals surface area contributed by atoms with E-state index in [2.05, 4.69) is 34.8 Å². The summed E-state index contributed by atoms with van der Waals surface area (Å²) in [6.45, 7) is 5.48. The topological polar surface area (TPSA) is 55.0 Å². The van der Waals surface area contributed by atoms with Crippen LogP contribution in [-0.2, 0) is 0 Å². The van der Waals surface area contributed by atoms with Gasteiger partial charge in [0.05, 0.1) is 5.52 Å². The zero-order valence-electron chi connectivity index (χ0n) is 11.5. The molecule has 1 aromatic carbocycles. The monoisotopic (exact) mass is 256 g/mol. The number of nitrogens with zero attached hydrogens (tertiary/aromatic N) is 3. The maximum Gasteiger partial charge on any atom is 0.222 e. The van der Waals surface area contributed by atoms with Gasteiger partial charge in [-0.1, -0.05) is 12.1 Å². The van der Waals surface area contributed by atoms with E-state index < -0.39 is 0 Å². The molecule has 0 radical (unpaired) electrons. The third-order valence-corrected chi connectivity index (χ3v) is 3.65. The van der Waals surface area contributed by atoms with Gasteiger partial charge in [0, 0.05) is 18.0 Å². The molecule has 2 N–H and O–H groups in total. The van der Waals surface area contributed by atoms with E-state index in [0.717, 1.165) is 29.2 Å². The molecule has 0 amide bonds. The zero-order chi connectivity index (χ0) is 13.4. The fourth-order valence-corrected chi connectivity index (χ4v) is 2.42. The molecule has 4 heteroatoms. The molecule has 1 aromatic heterocycles. The second kappa shape index (κ2) is 4.68. The highest BCUT2D eigenvalue weighted by Crippen LogP contribution is 2.34. The predicted molar refractivity (Wildman–Crippen MR) is 79.2 cm³/mol. The van der Waals surface area contributed by atoms with Crippen LogP contribution in [0.1, 0.15) is 26.7 Å². The van der Waals surface area contributed by atoms with Crippen molar-refractivity contribution in [2.24, 2.45) is 5.92 Å². The summed E-state index contributed by atoms with van der Waals surface area (Å²) in [6, 6.07) is 8.50. The molecule has 0 spiro atoms. The Morgan fingerprint density at radius 2 is 2.00 bits per heavy atom. The Morgan fingerprint density at radius 3 is 2.68 bits per heavy atom. The molecule has 1 saturated carbocycles. The van der Waals surface area contributed by atoms with Crippen molar-refractivity contribution in [2.45, 2.75) is 32.7 Å². The van der Waals surface area contributed by atoms with Crippen molar-refractivity contribution in [2.75, 3.05) is 17.2 Å². The summed E-state index contributed by atoms with van der Waals surface area (Å²) >= 11 is 0. The second-order valence-electron chi connectivity index (χ2n) is 5.61. The Morgan fingerprint density at radius 1 is 1.26 bits per heavy atom. The van der Waals surface area contributed by atoms with Crippen molar-refractivity contribution in [1.29, 1.82) is 0 Å². The molecule has 1 aliphatic carbocycles. The SMILES string of the molecule is CC(C)N(CC1CC1)c1nc(N)nc2ccccc12. The van der Waals surface area contributed by atoms with Gasteiger partial charge in [-0.25, -0.2) is 4.98 Å². The lowest BCUT2D eigenvalue weighted by atomic mass is 10.2. The number of anilines is 2. The zero-order valence-corrected chi connectivity index (χ0v) is 11.5. The lowest BCUT2D eigenvalue weighted by Crippen LogP contribution is -2.33. The van der Waals surface area contributed by atoms with E-state index in [0.29, 0.717) is 12.0 Å². The maximum absolute atomic E-state index is 5.86. The first-order valence-electron chi connectivity index (χ1n) is 6.94. The molecule has 1 heterocycles. The molecule has 0 saturated heterocycles. The Bertz CT molecular complexity index is 590. The van der Waals surface area contributed by atoms with E-state index >= 15 is 0 Å². The summed E-state index contributed by atoms with van der Waals surface area (Å²) in [5, 5.41) is 1.09. The third-order valence-electron chi connectivity index (χ3n) is 3.65. The molecular formula is C15H20N4. The third kappa shape index (κ3) is 2.48. The van der Waals surface area contributed by atoms with Crippen molar-refractivity contribution in [3.63, 3.8) is 0 Å². The van der Waals surface area contributed by atoms with Gasteiger partial charge in [0.15, 0.2) is 0 Å². The van der Waals surface area contributed by atoms with Gasteiger partial charge < -0.3 is 10.6 Å². The summed E-state index contributed by atoms with van der Waals surface area (Å²) < 4.78 is 0. The number of nitrogens with two attached hydrogens (primary N) is 1. The van der Waals surface area contributed by atoms with E-state index in [4.69, 9.17) is 5.73 Å². The minimum atomic E-state index is 0.357. The normalized spacial score (nSPS) is 15.1. The Labute approximate surface area is 113 Å². The van der Waals surface area contributed by atoms with Crippen LogP contribution in [0.3, 0.4) is 0 Å². The number of aromatic nitrogens is 2. The quantitative estimate of drug-likeness (QED) is 0.914. The van der Waals surface area contributed by atoms with Gasteiger partial charge >= 0.3 is 0 Å². The molecule has 0 atom stereocenters. The number of nitrogen functional groups attached to an aromatic ring is 1. The van der Waals surface area contributed by atoms with E-state index in [9.17, 15) is 0 Å². The van der Waals surface area contributed by atoms with Gasteiger partial charge in [-0.15, -0.1) is 0 Å². The van der Waals surface area contributed by atoms with Crippen LogP contribution < -0.4 is 10.6 Å². The first-order valence-corrected chi connectivity index (χ1v) is 6.94. The lowest BCUT2D eigenvalue weighted by Gasteiger charge is -2.29. The van der Waals surface area contributed by atoms with E-state index in [1.165, 1.54) is 12.8 Å². The van der Waals surface area contributed by atoms with Crippen molar-refractivity contribution in [3.8, 4) is 0 Å². The van der Waals surface area contributed by atoms with Crippen LogP contribution in [0, 0.1) is 5.92 Å². The van der Waals surface area contributed by atoms with E-state index in [-0.39, 0.29) is 0 Å². The average molecular weight is 256 g/mol. The molecule has 0 aliphatic heterocycles. The second-order valence-corrected chi connectivity index (χ2v) is 5.61. The highest BCUT2D eigenvalue weighted by molar-refractivity contribution is 5.90. The number of rotatable bonds is 4. The van der Waals surface area contributed by atoms with E-state index in [1.807, 2.05) is 18.2 Å². The Balaban J connectivity index is 2.09. The molecular weight excluding hydrogens is 236 g/mol. The molecule has 0 unspecified atom stereocenters. The van der Waals surface area contributed by atoms with Crippen LogP contribution in [0.4, 0.5) is 11.8 Å². The van der Waals surface area contributed by atoms with Gasteiger partial charge in [-0.2, -0.15) is 4.98 Å². The molecule has 0 bridgehead atoms. The number of hydrogen-bond donors (Lipinski definition) is 1. The number of para-hydroxylation sites is 1. The van der Waals surface area contributed by atoms with Crippen LogP contribution in [-0.4, -0.2) is 22.6 Å². The first kappa shape index (κ1) is 12.2. The highest BCUT2D eigenvalue weighted by atomic mass is 15.2. The summed E-state index contributed by atoms with van der Waals surface area (Å²) in [7, 11) is 0. The summed E-state index contributed by atoms with van der Waals surface area (Å²) in [5.74, 6) is 2.15. The molecule has 1 fully saturated rings. The highest BCUT2D eigenvalue weighted by Gasteiger charge is 2.27. The lowest BCUT2D eigenvalue weighted by molar-refractivity contribution is 0.639. The van der Waals surface area contributed by atoms with Crippen LogP contribution in [0.2, 0.25) is 0 Å². The molecule has 19 heavy (non-hydrogen) atoms. The summed E-state index contributed by atoms with van der Waals surface area (Å²) in [5.41, 5.74) is 6.78. The van der Waals surface area contributed by atoms with Gasteiger partial charge in [0.2, 0.25) is 5.95 Å². The summed E-state index contributed by atoms with van der Waals surface area (Å²) in [6.07, 6.45) is 2.67. The van der Waals surface area contributed by atoms with Crippen molar-refractivity contribution >= 4 is 22.7 Å². The molecule has 3 rings (SSSR count). The van der Waals surface area contributed by atoms with Crippen molar-refractivity contribution < 1.29 is 0 Å². The van der Waals surface area contributed by atoms with Crippen LogP contribution in [0.5, 0.6) is 0 Å². The Kier molecular flexibility index (Phi) is 3.01. The minimum Gasteiger partial charge on any atom is -0.368 e. The van der Waals surface area contributed by atoms with Crippen molar-refractivity contribution in [3.05, 3.63) is 24.3 Å². The fraction of sp³-hybridized carbons (Fsp3) is 0.467. The van der Waals surface area contributed by atoms with Crippen molar-refractivity contribution in [1.82, 2.24) is 9.97 Å². The maximum atomic E-state index is 5.86. The average Bonchev–Trinajstić information content (AvgIpc) is 3.18. The number of hydrogen-bond acceptors (Lipinski definition) is 4. The first-order chi connectivity index (χ1) is 9.15. The Hall–Kier alpha value is -1.84.